The van der Waals surface area contributed by atoms with Crippen LogP contribution in [0.1, 0.15) is 22.3 Å². The molecule has 1 heteroatoms. The minimum absolute atomic E-state index is 1.16. The average molecular weight is 411 g/mol. The van der Waals surface area contributed by atoms with Crippen molar-refractivity contribution in [3.05, 3.63) is 58.7 Å². The van der Waals surface area contributed by atoms with Crippen LogP contribution in [0, 0.1) is 27.7 Å². The molecule has 0 amide bonds. The fourth-order valence-electron chi connectivity index (χ4n) is 2.19. The van der Waals surface area contributed by atoms with Crippen molar-refractivity contribution in [1.82, 2.24) is 0 Å². The molecule has 0 aromatic heterocycles. The number of aryl methyl sites for hydroxylation is 4. The van der Waals surface area contributed by atoms with Crippen LogP contribution in [0.25, 0.3) is 0 Å². The molecule has 0 nitrogen and oxygen atoms in total. The normalized spacial score (nSPS) is 10.1. The second kappa shape index (κ2) is 5.35. The quantitative estimate of drug-likeness (QED) is 0.668. The van der Waals surface area contributed by atoms with Crippen molar-refractivity contribution in [2.45, 2.75) is 27.7 Å². The van der Waals surface area contributed by atoms with E-state index in [-0.39, 0.29) is 0 Å². The Morgan fingerprint density at radius 3 is 1.47 bits per heavy atom. The van der Waals surface area contributed by atoms with Crippen molar-refractivity contribution in [3.63, 3.8) is 0 Å². The maximum atomic E-state index is 2.40. The molecule has 0 unspecified atom stereocenters. The molecule has 0 radical (unpaired) electrons. The van der Waals surface area contributed by atoms with E-state index in [0.29, 0.717) is 0 Å². The van der Waals surface area contributed by atoms with E-state index in [1.165, 1.54) is 22.3 Å². The van der Waals surface area contributed by atoms with Crippen molar-refractivity contribution in [1.29, 1.82) is 0 Å². The average Bonchev–Trinajstić information content (AvgIpc) is 2.28. The SMILES string of the molecule is Cc1ccc(C)[c]([Hg][c]2cc(C)ccc2C)c1. The summed E-state index contributed by atoms with van der Waals surface area (Å²) in [6.45, 7) is 8.89. The van der Waals surface area contributed by atoms with Gasteiger partial charge >= 0.3 is 117 Å². The van der Waals surface area contributed by atoms with Gasteiger partial charge in [0.15, 0.2) is 0 Å². The van der Waals surface area contributed by atoms with Gasteiger partial charge in [-0.25, -0.2) is 0 Å². The topological polar surface area (TPSA) is 0 Å². The van der Waals surface area contributed by atoms with Crippen LogP contribution < -0.4 is 6.14 Å². The van der Waals surface area contributed by atoms with Crippen LogP contribution in [0.4, 0.5) is 0 Å². The van der Waals surface area contributed by atoms with Gasteiger partial charge in [-0.15, -0.1) is 0 Å². The van der Waals surface area contributed by atoms with Gasteiger partial charge in [0.25, 0.3) is 0 Å². The summed E-state index contributed by atoms with van der Waals surface area (Å²) in [5.74, 6) is 0. The molecular formula is C16H18Hg. The second-order valence-electron chi connectivity index (χ2n) is 5.04. The second-order valence-corrected chi connectivity index (χ2v) is 12.3. The monoisotopic (exact) mass is 412 g/mol. The standard InChI is InChI=1S/2C8H9.Hg/c2*1-7-3-5-8(2)6-4-7;/h2*3-5H,1-2H3;. The van der Waals surface area contributed by atoms with Crippen LogP contribution in [-0.2, 0) is 24.6 Å². The zero-order valence-corrected chi connectivity index (χ0v) is 16.7. The number of benzene rings is 2. The number of rotatable bonds is 2. The van der Waals surface area contributed by atoms with Crippen LogP contribution in [0.5, 0.6) is 0 Å². The summed E-state index contributed by atoms with van der Waals surface area (Å²) < 4.78 is 3.33. The van der Waals surface area contributed by atoms with Crippen molar-refractivity contribution in [2.24, 2.45) is 0 Å². The molecule has 0 bridgehead atoms. The zero-order chi connectivity index (χ0) is 12.4. The molecule has 0 fully saturated rings. The van der Waals surface area contributed by atoms with Gasteiger partial charge in [0.2, 0.25) is 0 Å². The van der Waals surface area contributed by atoms with E-state index in [2.05, 4.69) is 64.1 Å². The Hall–Kier alpha value is -0.625. The van der Waals surface area contributed by atoms with Crippen molar-refractivity contribution in [2.75, 3.05) is 0 Å². The third-order valence-electron chi connectivity index (χ3n) is 3.39. The van der Waals surface area contributed by atoms with Gasteiger partial charge in [-0.1, -0.05) is 0 Å². The molecule has 2 rings (SSSR count). The van der Waals surface area contributed by atoms with Crippen LogP contribution in [0.2, 0.25) is 0 Å². The molecule has 0 atom stereocenters. The van der Waals surface area contributed by atoms with E-state index in [1.54, 1.807) is 6.14 Å². The van der Waals surface area contributed by atoms with Gasteiger partial charge in [-0.3, -0.25) is 0 Å². The maximum absolute atomic E-state index is 2.40. The van der Waals surface area contributed by atoms with Crippen molar-refractivity contribution >= 4 is 6.14 Å². The Balaban J connectivity index is 2.37. The van der Waals surface area contributed by atoms with Crippen molar-refractivity contribution in [3.8, 4) is 0 Å². The van der Waals surface area contributed by atoms with E-state index in [1.807, 2.05) is 0 Å². The first kappa shape index (κ1) is 12.8. The summed E-state index contributed by atoms with van der Waals surface area (Å²) in [6, 6.07) is 13.8. The van der Waals surface area contributed by atoms with Crippen molar-refractivity contribution < 1.29 is 24.6 Å². The minimum atomic E-state index is -1.16. The Bertz CT molecular complexity index is 492. The molecule has 0 aliphatic carbocycles. The summed E-state index contributed by atoms with van der Waals surface area (Å²) in [5, 5.41) is 0. The van der Waals surface area contributed by atoms with E-state index >= 15 is 0 Å². The Labute approximate surface area is 117 Å². The molecule has 0 saturated heterocycles. The van der Waals surface area contributed by atoms with E-state index in [4.69, 9.17) is 0 Å². The van der Waals surface area contributed by atoms with E-state index < -0.39 is 24.6 Å². The third kappa shape index (κ3) is 3.19. The molecule has 2 aromatic carbocycles. The van der Waals surface area contributed by atoms with Gasteiger partial charge < -0.3 is 0 Å². The summed E-state index contributed by atoms with van der Waals surface area (Å²) >= 11 is -1.16. The first-order chi connectivity index (χ1) is 8.06. The predicted octanol–water partition coefficient (Wildman–Crippen LogP) is 2.95. The molecule has 2 aromatic rings. The zero-order valence-electron chi connectivity index (χ0n) is 11.2. The number of hydrogen-bond donors (Lipinski definition) is 0. The van der Waals surface area contributed by atoms with Crippen LogP contribution in [-0.4, -0.2) is 0 Å². The van der Waals surface area contributed by atoms with Crippen LogP contribution in [0.15, 0.2) is 36.4 Å². The summed E-state index contributed by atoms with van der Waals surface area (Å²) in [6.07, 6.45) is 0. The fraction of sp³-hybridized carbons (Fsp3) is 0.250. The molecule has 0 N–H and O–H groups in total. The third-order valence-corrected chi connectivity index (χ3v) is 12.3. The van der Waals surface area contributed by atoms with Gasteiger partial charge in [-0.05, 0) is 0 Å². The summed E-state index contributed by atoms with van der Waals surface area (Å²) in [5.41, 5.74) is 5.77. The first-order valence-corrected chi connectivity index (χ1v) is 11.7. The van der Waals surface area contributed by atoms with Gasteiger partial charge in [0.05, 0.1) is 0 Å². The molecule has 0 spiro atoms. The molecule has 17 heavy (non-hydrogen) atoms. The van der Waals surface area contributed by atoms with Gasteiger partial charge in [0.1, 0.15) is 0 Å². The molecule has 0 aliphatic heterocycles. The molecule has 84 valence electrons. The fourth-order valence-corrected chi connectivity index (χ4v) is 10.2. The van der Waals surface area contributed by atoms with E-state index in [9.17, 15) is 0 Å². The van der Waals surface area contributed by atoms with Crippen LogP contribution in [0.3, 0.4) is 0 Å². The van der Waals surface area contributed by atoms with Crippen LogP contribution >= 0.6 is 0 Å². The van der Waals surface area contributed by atoms with Gasteiger partial charge in [0, 0.05) is 0 Å². The predicted molar refractivity (Wildman–Crippen MR) is 71.1 cm³/mol. The Morgan fingerprint density at radius 1 is 0.647 bits per heavy atom. The molecule has 0 aliphatic rings. The summed E-state index contributed by atoms with van der Waals surface area (Å²) in [7, 11) is 0. The first-order valence-electron chi connectivity index (χ1n) is 6.18. The molecule has 0 saturated carbocycles. The summed E-state index contributed by atoms with van der Waals surface area (Å²) in [4.78, 5) is 0. The Kier molecular flexibility index (Phi) is 4.03. The molecular weight excluding hydrogens is 393 g/mol. The number of hydrogen-bond acceptors (Lipinski definition) is 0. The van der Waals surface area contributed by atoms with Gasteiger partial charge in [-0.2, -0.15) is 0 Å². The Morgan fingerprint density at radius 2 is 1.06 bits per heavy atom. The molecule has 0 heterocycles. The van der Waals surface area contributed by atoms with E-state index in [0.717, 1.165) is 0 Å².